The summed E-state index contributed by atoms with van der Waals surface area (Å²) >= 11 is 0. The number of carbonyl (C=O) groups is 3. The van der Waals surface area contributed by atoms with Gasteiger partial charge in [0.1, 0.15) is 6.10 Å². The number of imide groups is 1. The van der Waals surface area contributed by atoms with E-state index in [1.165, 1.54) is 0 Å². The molecule has 2 aliphatic rings. The first-order valence-corrected chi connectivity index (χ1v) is 5.80. The highest BCUT2D eigenvalue weighted by molar-refractivity contribution is 6.01. The Labute approximate surface area is 98.8 Å². The molecule has 0 aromatic heterocycles. The van der Waals surface area contributed by atoms with Crippen LogP contribution >= 0.6 is 0 Å². The Morgan fingerprint density at radius 2 is 1.88 bits per heavy atom. The molecule has 17 heavy (non-hydrogen) atoms. The summed E-state index contributed by atoms with van der Waals surface area (Å²) in [5.74, 6) is -0.457. The lowest BCUT2D eigenvalue weighted by Crippen LogP contribution is -2.33. The molecule has 2 rings (SSSR count). The summed E-state index contributed by atoms with van der Waals surface area (Å²) in [6, 6.07) is 0. The standard InChI is InChI=1S/C11H15NO5/c1-7-2-3-8(6-7)16-11(15)17-12-9(13)4-5-10(12)14/h7-8H,2-6H2,1H3/t7-,8+/m1/s1. The van der Waals surface area contributed by atoms with Gasteiger partial charge in [-0.2, -0.15) is 0 Å². The maximum atomic E-state index is 11.4. The van der Waals surface area contributed by atoms with E-state index in [2.05, 4.69) is 11.8 Å². The molecule has 0 bridgehead atoms. The van der Waals surface area contributed by atoms with Crippen LogP contribution in [0.2, 0.25) is 0 Å². The molecule has 1 aliphatic heterocycles. The van der Waals surface area contributed by atoms with Gasteiger partial charge in [-0.25, -0.2) is 4.79 Å². The van der Waals surface area contributed by atoms with Crippen LogP contribution in [0.5, 0.6) is 0 Å². The van der Waals surface area contributed by atoms with Gasteiger partial charge in [0.05, 0.1) is 0 Å². The van der Waals surface area contributed by atoms with Crippen molar-refractivity contribution in [3.8, 4) is 0 Å². The lowest BCUT2D eigenvalue weighted by atomic mass is 10.1. The molecule has 2 fully saturated rings. The Bertz CT molecular complexity index is 338. The minimum Gasteiger partial charge on any atom is -0.429 e. The van der Waals surface area contributed by atoms with Gasteiger partial charge in [-0.1, -0.05) is 12.0 Å². The molecule has 0 aromatic rings. The number of amides is 2. The van der Waals surface area contributed by atoms with Gasteiger partial charge >= 0.3 is 6.16 Å². The summed E-state index contributed by atoms with van der Waals surface area (Å²) in [4.78, 5) is 38.3. The highest BCUT2D eigenvalue weighted by Crippen LogP contribution is 2.27. The van der Waals surface area contributed by atoms with Crippen molar-refractivity contribution in [1.82, 2.24) is 5.06 Å². The number of nitrogens with zero attached hydrogens (tertiary/aromatic N) is 1. The van der Waals surface area contributed by atoms with Crippen molar-refractivity contribution in [1.29, 1.82) is 0 Å². The van der Waals surface area contributed by atoms with Crippen LogP contribution < -0.4 is 0 Å². The first-order valence-electron chi connectivity index (χ1n) is 5.80. The van der Waals surface area contributed by atoms with Crippen LogP contribution in [-0.4, -0.2) is 29.1 Å². The van der Waals surface area contributed by atoms with E-state index in [0.29, 0.717) is 11.0 Å². The Balaban J connectivity index is 1.81. The summed E-state index contributed by atoms with van der Waals surface area (Å²) < 4.78 is 5.03. The molecular weight excluding hydrogens is 226 g/mol. The molecule has 1 aliphatic carbocycles. The SMILES string of the molecule is C[C@@H]1CC[C@H](OC(=O)ON2C(=O)CCC2=O)C1. The summed E-state index contributed by atoms with van der Waals surface area (Å²) in [5, 5.41) is 0.501. The van der Waals surface area contributed by atoms with Crippen molar-refractivity contribution >= 4 is 18.0 Å². The van der Waals surface area contributed by atoms with Crippen LogP contribution in [0.1, 0.15) is 39.0 Å². The van der Waals surface area contributed by atoms with Crippen molar-refractivity contribution in [3.05, 3.63) is 0 Å². The van der Waals surface area contributed by atoms with Crippen molar-refractivity contribution in [2.75, 3.05) is 0 Å². The van der Waals surface area contributed by atoms with E-state index < -0.39 is 18.0 Å². The lowest BCUT2D eigenvalue weighted by Gasteiger charge is -2.15. The van der Waals surface area contributed by atoms with E-state index >= 15 is 0 Å². The predicted octanol–water partition coefficient (Wildman–Crippen LogP) is 1.39. The quantitative estimate of drug-likeness (QED) is 0.539. The molecule has 0 aromatic carbocycles. The van der Waals surface area contributed by atoms with Crippen LogP contribution in [0.3, 0.4) is 0 Å². The highest BCUT2D eigenvalue weighted by atomic mass is 16.8. The maximum absolute atomic E-state index is 11.4. The van der Waals surface area contributed by atoms with Crippen molar-refractivity contribution in [2.24, 2.45) is 5.92 Å². The molecule has 0 spiro atoms. The van der Waals surface area contributed by atoms with E-state index in [1.54, 1.807) is 0 Å². The fourth-order valence-electron chi connectivity index (χ4n) is 2.15. The van der Waals surface area contributed by atoms with Crippen LogP contribution in [0.25, 0.3) is 0 Å². The van der Waals surface area contributed by atoms with Crippen LogP contribution in [0.4, 0.5) is 4.79 Å². The van der Waals surface area contributed by atoms with Gasteiger partial charge in [-0.05, 0) is 25.2 Å². The second-order valence-corrected chi connectivity index (χ2v) is 4.58. The van der Waals surface area contributed by atoms with Gasteiger partial charge in [0.15, 0.2) is 0 Å². The zero-order valence-electron chi connectivity index (χ0n) is 9.68. The molecule has 6 heteroatoms. The molecule has 94 valence electrons. The monoisotopic (exact) mass is 241 g/mol. The smallest absolute Gasteiger partial charge is 0.429 e. The normalized spacial score (nSPS) is 28.6. The Morgan fingerprint density at radius 3 is 2.41 bits per heavy atom. The zero-order valence-corrected chi connectivity index (χ0v) is 9.68. The second-order valence-electron chi connectivity index (χ2n) is 4.58. The average molecular weight is 241 g/mol. The molecule has 1 saturated carbocycles. The van der Waals surface area contributed by atoms with Crippen LogP contribution in [-0.2, 0) is 19.2 Å². The molecule has 1 saturated heterocycles. The molecule has 0 N–H and O–H groups in total. The van der Waals surface area contributed by atoms with Crippen LogP contribution in [0.15, 0.2) is 0 Å². The Morgan fingerprint density at radius 1 is 1.24 bits per heavy atom. The zero-order chi connectivity index (χ0) is 12.4. The van der Waals surface area contributed by atoms with E-state index in [0.717, 1.165) is 19.3 Å². The summed E-state index contributed by atoms with van der Waals surface area (Å²) in [6.45, 7) is 2.09. The van der Waals surface area contributed by atoms with Gasteiger partial charge in [-0.15, -0.1) is 0 Å². The third kappa shape index (κ3) is 2.75. The second kappa shape index (κ2) is 4.73. The number of ether oxygens (including phenoxy) is 1. The average Bonchev–Trinajstić information content (AvgIpc) is 2.79. The lowest BCUT2D eigenvalue weighted by molar-refractivity contribution is -0.178. The first-order chi connectivity index (χ1) is 8.06. The summed E-state index contributed by atoms with van der Waals surface area (Å²) in [5.41, 5.74) is 0. The van der Waals surface area contributed by atoms with Gasteiger partial charge in [0.25, 0.3) is 11.8 Å². The first kappa shape index (κ1) is 11.9. The molecule has 6 nitrogen and oxygen atoms in total. The largest absolute Gasteiger partial charge is 0.534 e. The number of rotatable bonds is 2. The molecule has 2 atom stereocenters. The Hall–Kier alpha value is -1.59. The molecule has 0 radical (unpaired) electrons. The maximum Gasteiger partial charge on any atom is 0.534 e. The van der Waals surface area contributed by atoms with E-state index in [-0.39, 0.29) is 18.9 Å². The number of hydrogen-bond acceptors (Lipinski definition) is 5. The van der Waals surface area contributed by atoms with Gasteiger partial charge in [-0.3, -0.25) is 14.4 Å². The van der Waals surface area contributed by atoms with Crippen molar-refractivity contribution in [2.45, 2.75) is 45.1 Å². The number of hydrogen-bond donors (Lipinski definition) is 0. The van der Waals surface area contributed by atoms with E-state index in [9.17, 15) is 14.4 Å². The third-order valence-corrected chi connectivity index (χ3v) is 3.08. The summed E-state index contributed by atoms with van der Waals surface area (Å²) in [6.07, 6.45) is 1.67. The topological polar surface area (TPSA) is 72.9 Å². The minimum atomic E-state index is -0.965. The molecule has 2 amide bonds. The van der Waals surface area contributed by atoms with E-state index in [4.69, 9.17) is 4.74 Å². The third-order valence-electron chi connectivity index (χ3n) is 3.08. The minimum absolute atomic E-state index is 0.0899. The van der Waals surface area contributed by atoms with Crippen molar-refractivity contribution in [3.63, 3.8) is 0 Å². The van der Waals surface area contributed by atoms with E-state index in [1.807, 2.05) is 0 Å². The molecule has 1 heterocycles. The number of carbonyl (C=O) groups excluding carboxylic acids is 3. The van der Waals surface area contributed by atoms with Gasteiger partial charge in [0, 0.05) is 12.8 Å². The molecule has 0 unspecified atom stereocenters. The van der Waals surface area contributed by atoms with Gasteiger partial charge < -0.3 is 4.74 Å². The fourth-order valence-corrected chi connectivity index (χ4v) is 2.15. The van der Waals surface area contributed by atoms with Crippen molar-refractivity contribution < 1.29 is 24.0 Å². The number of hydroxylamine groups is 2. The fraction of sp³-hybridized carbons (Fsp3) is 0.727. The van der Waals surface area contributed by atoms with Gasteiger partial charge in [0.2, 0.25) is 0 Å². The molecular formula is C11H15NO5. The predicted molar refractivity (Wildman–Crippen MR) is 55.5 cm³/mol. The Kier molecular flexibility index (Phi) is 3.31. The highest BCUT2D eigenvalue weighted by Gasteiger charge is 2.34. The summed E-state index contributed by atoms with van der Waals surface area (Å²) in [7, 11) is 0. The van der Waals surface area contributed by atoms with Crippen LogP contribution in [0, 0.1) is 5.92 Å².